The highest BCUT2D eigenvalue weighted by molar-refractivity contribution is 6.00. The minimum absolute atomic E-state index is 0.284. The van der Waals surface area contributed by atoms with Crippen molar-refractivity contribution in [3.05, 3.63) is 83.0 Å². The molecular formula is C24H21N3O4. The number of pyridine rings is 1. The summed E-state index contributed by atoms with van der Waals surface area (Å²) in [5.74, 6) is 0.406. The fraction of sp³-hybridized carbons (Fsp3) is 0.167. The van der Waals surface area contributed by atoms with Crippen LogP contribution in [0.5, 0.6) is 0 Å². The summed E-state index contributed by atoms with van der Waals surface area (Å²) in [4.78, 5) is 29.2. The van der Waals surface area contributed by atoms with Gasteiger partial charge in [-0.3, -0.25) is 14.3 Å². The summed E-state index contributed by atoms with van der Waals surface area (Å²) in [5, 5.41) is 4.98. The van der Waals surface area contributed by atoms with Crippen LogP contribution in [0.3, 0.4) is 0 Å². The molecule has 7 heteroatoms. The van der Waals surface area contributed by atoms with Crippen LogP contribution >= 0.6 is 0 Å². The van der Waals surface area contributed by atoms with Crippen LogP contribution in [0.2, 0.25) is 0 Å². The van der Waals surface area contributed by atoms with Gasteiger partial charge >= 0.3 is 5.97 Å². The van der Waals surface area contributed by atoms with E-state index in [1.807, 2.05) is 48.7 Å². The highest BCUT2D eigenvalue weighted by atomic mass is 16.5. The van der Waals surface area contributed by atoms with Crippen molar-refractivity contribution >= 4 is 28.7 Å². The Morgan fingerprint density at radius 1 is 1.13 bits per heavy atom. The van der Waals surface area contributed by atoms with Crippen molar-refractivity contribution in [2.75, 3.05) is 6.61 Å². The number of para-hydroxylation sites is 1. The number of esters is 1. The Kier molecular flexibility index (Phi) is 5.49. The van der Waals surface area contributed by atoms with Gasteiger partial charge in [-0.25, -0.2) is 4.79 Å². The van der Waals surface area contributed by atoms with Crippen LogP contribution in [-0.2, 0) is 9.53 Å². The minimum atomic E-state index is -0.595. The smallest absolute Gasteiger partial charge is 0.331 e. The number of ketones is 1. The van der Waals surface area contributed by atoms with Gasteiger partial charge in [0.15, 0.2) is 12.4 Å². The average Bonchev–Trinajstić information content (AvgIpc) is 3.32. The molecule has 0 unspecified atom stereocenters. The lowest BCUT2D eigenvalue weighted by Gasteiger charge is -2.05. The summed E-state index contributed by atoms with van der Waals surface area (Å²) in [6.07, 6.45) is 4.65. The zero-order valence-electron chi connectivity index (χ0n) is 17.5. The van der Waals surface area contributed by atoms with E-state index in [1.165, 1.54) is 6.08 Å². The molecule has 0 bridgehead atoms. The van der Waals surface area contributed by atoms with Gasteiger partial charge in [0.05, 0.1) is 5.52 Å². The predicted molar refractivity (Wildman–Crippen MR) is 116 cm³/mol. The lowest BCUT2D eigenvalue weighted by atomic mass is 10.1. The van der Waals surface area contributed by atoms with Crippen molar-refractivity contribution in [1.82, 2.24) is 14.7 Å². The molecule has 0 aliphatic rings. The molecule has 3 aromatic heterocycles. The van der Waals surface area contributed by atoms with Gasteiger partial charge in [0.1, 0.15) is 5.76 Å². The first kappa shape index (κ1) is 20.3. The minimum Gasteiger partial charge on any atom is -0.454 e. The molecule has 0 amide bonds. The van der Waals surface area contributed by atoms with Crippen molar-refractivity contribution in [3.8, 4) is 5.82 Å². The molecule has 0 aliphatic carbocycles. The third-order valence-electron chi connectivity index (χ3n) is 4.98. The zero-order valence-corrected chi connectivity index (χ0v) is 17.5. The standard InChI is InChI=1S/C24H21N3O4/c1-15-12-20(17(3)27(15)22-13-16(2)31-26-22)21(28)14-30-23(29)10-9-19-7-4-6-18-8-5-11-25-24(18)19/h4-13H,14H2,1-3H3/b10-9+. The molecule has 4 aromatic rings. The average molecular weight is 415 g/mol. The topological polar surface area (TPSA) is 87.2 Å². The fourth-order valence-corrected chi connectivity index (χ4v) is 3.54. The molecular weight excluding hydrogens is 394 g/mol. The Morgan fingerprint density at radius 3 is 2.71 bits per heavy atom. The maximum Gasteiger partial charge on any atom is 0.331 e. The SMILES string of the molecule is Cc1cc(-n2c(C)cc(C(=O)COC(=O)/C=C/c3cccc4cccnc34)c2C)no1. The molecule has 0 spiro atoms. The summed E-state index contributed by atoms with van der Waals surface area (Å²) in [7, 11) is 0. The molecule has 0 N–H and O–H groups in total. The Balaban J connectivity index is 1.44. The number of aryl methyl sites for hydroxylation is 2. The lowest BCUT2D eigenvalue weighted by Crippen LogP contribution is -2.13. The van der Waals surface area contributed by atoms with Crippen LogP contribution in [0.1, 0.15) is 33.1 Å². The second kappa shape index (κ2) is 8.39. The zero-order chi connectivity index (χ0) is 22.0. The lowest BCUT2D eigenvalue weighted by molar-refractivity contribution is -0.136. The first-order valence-corrected chi connectivity index (χ1v) is 9.78. The van der Waals surface area contributed by atoms with E-state index in [9.17, 15) is 9.59 Å². The van der Waals surface area contributed by atoms with E-state index in [4.69, 9.17) is 9.26 Å². The summed E-state index contributed by atoms with van der Waals surface area (Å²) in [6.45, 7) is 5.15. The molecule has 0 aliphatic heterocycles. The second-order valence-corrected chi connectivity index (χ2v) is 7.20. The number of carbonyl (C=O) groups excluding carboxylic acids is 2. The molecule has 31 heavy (non-hydrogen) atoms. The van der Waals surface area contributed by atoms with E-state index >= 15 is 0 Å². The van der Waals surface area contributed by atoms with E-state index < -0.39 is 5.97 Å². The van der Waals surface area contributed by atoms with Gasteiger partial charge in [0, 0.05) is 46.2 Å². The molecule has 0 saturated heterocycles. The van der Waals surface area contributed by atoms with Crippen LogP contribution in [-0.4, -0.2) is 33.1 Å². The number of Topliss-reactive ketones (excluding diaryl/α,β-unsaturated/α-hetero) is 1. The van der Waals surface area contributed by atoms with Crippen molar-refractivity contribution in [2.24, 2.45) is 0 Å². The summed E-state index contributed by atoms with van der Waals surface area (Å²) in [5.41, 5.74) is 3.62. The van der Waals surface area contributed by atoms with Gasteiger partial charge in [-0.05, 0) is 39.0 Å². The van der Waals surface area contributed by atoms with Crippen LogP contribution in [0.4, 0.5) is 0 Å². The Morgan fingerprint density at radius 2 is 1.94 bits per heavy atom. The van der Waals surface area contributed by atoms with Crippen LogP contribution in [0, 0.1) is 20.8 Å². The van der Waals surface area contributed by atoms with Gasteiger partial charge in [-0.1, -0.05) is 29.4 Å². The third-order valence-corrected chi connectivity index (χ3v) is 4.98. The number of rotatable bonds is 6. The van der Waals surface area contributed by atoms with Gasteiger partial charge in [0.25, 0.3) is 0 Å². The molecule has 0 radical (unpaired) electrons. The van der Waals surface area contributed by atoms with Gasteiger partial charge in [-0.2, -0.15) is 0 Å². The van der Waals surface area contributed by atoms with Crippen molar-refractivity contribution in [3.63, 3.8) is 0 Å². The van der Waals surface area contributed by atoms with E-state index in [1.54, 1.807) is 31.3 Å². The molecule has 0 fully saturated rings. The maximum absolute atomic E-state index is 12.7. The van der Waals surface area contributed by atoms with E-state index in [0.717, 1.165) is 22.2 Å². The van der Waals surface area contributed by atoms with E-state index in [0.29, 0.717) is 22.8 Å². The number of hydrogen-bond donors (Lipinski definition) is 0. The van der Waals surface area contributed by atoms with Crippen LogP contribution in [0.25, 0.3) is 22.8 Å². The first-order valence-electron chi connectivity index (χ1n) is 9.78. The molecule has 0 atom stereocenters. The number of fused-ring (bicyclic) bond motifs is 1. The number of hydrogen-bond acceptors (Lipinski definition) is 6. The largest absolute Gasteiger partial charge is 0.454 e. The summed E-state index contributed by atoms with van der Waals surface area (Å²) < 4.78 is 12.1. The number of carbonyl (C=O) groups is 2. The second-order valence-electron chi connectivity index (χ2n) is 7.20. The van der Waals surface area contributed by atoms with E-state index in [2.05, 4.69) is 10.1 Å². The maximum atomic E-state index is 12.7. The molecule has 3 heterocycles. The Bertz CT molecular complexity index is 1310. The summed E-state index contributed by atoms with van der Waals surface area (Å²) in [6, 6.07) is 13.1. The third kappa shape index (κ3) is 4.16. The highest BCUT2D eigenvalue weighted by Gasteiger charge is 2.19. The first-order chi connectivity index (χ1) is 14.9. The van der Waals surface area contributed by atoms with Gasteiger partial charge in [0.2, 0.25) is 5.78 Å². The molecule has 4 rings (SSSR count). The van der Waals surface area contributed by atoms with E-state index in [-0.39, 0.29) is 12.4 Å². The van der Waals surface area contributed by atoms with Crippen molar-refractivity contribution in [1.29, 1.82) is 0 Å². The molecule has 0 saturated carbocycles. The van der Waals surface area contributed by atoms with Gasteiger partial charge in [-0.15, -0.1) is 0 Å². The monoisotopic (exact) mass is 415 g/mol. The Hall–Kier alpha value is -4.00. The fourth-order valence-electron chi connectivity index (χ4n) is 3.54. The van der Waals surface area contributed by atoms with Crippen LogP contribution in [0.15, 0.2) is 59.3 Å². The molecule has 1 aromatic carbocycles. The number of aromatic nitrogens is 3. The quantitative estimate of drug-likeness (QED) is 0.264. The molecule has 7 nitrogen and oxygen atoms in total. The highest BCUT2D eigenvalue weighted by Crippen LogP contribution is 2.21. The predicted octanol–water partition coefficient (Wildman–Crippen LogP) is 4.38. The van der Waals surface area contributed by atoms with Crippen molar-refractivity contribution in [2.45, 2.75) is 20.8 Å². The van der Waals surface area contributed by atoms with Gasteiger partial charge < -0.3 is 9.26 Å². The number of ether oxygens (including phenoxy) is 1. The number of nitrogens with zero attached hydrogens (tertiary/aromatic N) is 3. The molecule has 156 valence electrons. The summed E-state index contributed by atoms with van der Waals surface area (Å²) >= 11 is 0. The Labute approximate surface area is 178 Å². The number of benzene rings is 1. The normalized spacial score (nSPS) is 11.3. The van der Waals surface area contributed by atoms with Crippen LogP contribution < -0.4 is 0 Å². The van der Waals surface area contributed by atoms with Crippen molar-refractivity contribution < 1.29 is 18.8 Å².